The minimum atomic E-state index is 0.562. The second-order valence-corrected chi connectivity index (χ2v) is 3.86. The van der Waals surface area contributed by atoms with E-state index in [1.807, 2.05) is 18.3 Å². The van der Waals surface area contributed by atoms with E-state index >= 15 is 0 Å². The quantitative estimate of drug-likeness (QED) is 0.727. The fourth-order valence-electron chi connectivity index (χ4n) is 1.48. The zero-order chi connectivity index (χ0) is 11.1. The molecule has 0 aromatic carbocycles. The number of unbranched alkanes of at least 4 members (excludes halogenated alkanes) is 2. The molecule has 0 bridgehead atoms. The van der Waals surface area contributed by atoms with Crippen molar-refractivity contribution < 1.29 is 0 Å². The van der Waals surface area contributed by atoms with Crippen molar-refractivity contribution in [3.8, 4) is 0 Å². The molecular formula is C12H21N3. The lowest BCUT2D eigenvalue weighted by molar-refractivity contribution is 0.701. The first-order valence-corrected chi connectivity index (χ1v) is 5.64. The number of aromatic nitrogens is 1. The normalized spacial score (nSPS) is 10.3. The first-order valence-electron chi connectivity index (χ1n) is 5.64. The molecule has 0 fully saturated rings. The maximum Gasteiger partial charge on any atom is 0.128 e. The lowest BCUT2D eigenvalue weighted by Crippen LogP contribution is -2.19. The molecule has 0 saturated heterocycles. The van der Waals surface area contributed by atoms with Crippen LogP contribution in [0.2, 0.25) is 0 Å². The summed E-state index contributed by atoms with van der Waals surface area (Å²) in [6, 6.07) is 4.08. The second kappa shape index (κ2) is 6.40. The van der Waals surface area contributed by atoms with Gasteiger partial charge in [-0.15, -0.1) is 0 Å². The van der Waals surface area contributed by atoms with Gasteiger partial charge in [-0.25, -0.2) is 4.98 Å². The summed E-state index contributed by atoms with van der Waals surface area (Å²) in [4.78, 5) is 6.56. The van der Waals surface area contributed by atoms with Crippen molar-refractivity contribution in [1.82, 2.24) is 4.98 Å². The van der Waals surface area contributed by atoms with Crippen molar-refractivity contribution in [3.05, 3.63) is 23.9 Å². The van der Waals surface area contributed by atoms with Gasteiger partial charge < -0.3 is 10.6 Å². The Hall–Kier alpha value is -1.09. The standard InChI is InChI=1S/C12H21N3/c1-3-4-5-8-15(2)12-7-6-11(9-13)10-14-12/h6-7,10H,3-5,8-9,13H2,1-2H3. The average molecular weight is 207 g/mol. The number of hydrogen-bond donors (Lipinski definition) is 1. The number of nitrogens with two attached hydrogens (primary N) is 1. The van der Waals surface area contributed by atoms with Crippen molar-refractivity contribution in [1.29, 1.82) is 0 Å². The molecular weight excluding hydrogens is 186 g/mol. The van der Waals surface area contributed by atoms with E-state index in [1.54, 1.807) is 0 Å². The van der Waals surface area contributed by atoms with E-state index in [1.165, 1.54) is 19.3 Å². The summed E-state index contributed by atoms with van der Waals surface area (Å²) in [6.07, 6.45) is 5.62. The van der Waals surface area contributed by atoms with E-state index in [9.17, 15) is 0 Å². The highest BCUT2D eigenvalue weighted by molar-refractivity contribution is 5.38. The molecule has 0 aliphatic heterocycles. The molecule has 1 aromatic heterocycles. The van der Waals surface area contributed by atoms with Crippen LogP contribution >= 0.6 is 0 Å². The summed E-state index contributed by atoms with van der Waals surface area (Å²) in [6.45, 7) is 3.85. The van der Waals surface area contributed by atoms with E-state index in [-0.39, 0.29) is 0 Å². The molecule has 1 rings (SSSR count). The van der Waals surface area contributed by atoms with Crippen LogP contribution in [0.1, 0.15) is 31.7 Å². The summed E-state index contributed by atoms with van der Waals surface area (Å²) < 4.78 is 0. The van der Waals surface area contributed by atoms with Crippen LogP contribution in [0.3, 0.4) is 0 Å². The Bertz CT molecular complexity index is 269. The smallest absolute Gasteiger partial charge is 0.128 e. The van der Waals surface area contributed by atoms with Crippen molar-refractivity contribution in [2.75, 3.05) is 18.5 Å². The molecule has 0 amide bonds. The summed E-state index contributed by atoms with van der Waals surface area (Å²) >= 11 is 0. The van der Waals surface area contributed by atoms with Gasteiger partial charge in [0.2, 0.25) is 0 Å². The Labute approximate surface area is 92.3 Å². The molecule has 15 heavy (non-hydrogen) atoms. The lowest BCUT2D eigenvalue weighted by atomic mass is 10.2. The van der Waals surface area contributed by atoms with E-state index in [4.69, 9.17) is 5.73 Å². The topological polar surface area (TPSA) is 42.1 Å². The molecule has 2 N–H and O–H groups in total. The predicted octanol–water partition coefficient (Wildman–Crippen LogP) is 2.17. The molecule has 0 radical (unpaired) electrons. The Morgan fingerprint density at radius 3 is 2.67 bits per heavy atom. The van der Waals surface area contributed by atoms with E-state index in [0.29, 0.717) is 6.54 Å². The first kappa shape index (κ1) is 12.0. The average Bonchev–Trinajstić information content (AvgIpc) is 2.29. The fourth-order valence-corrected chi connectivity index (χ4v) is 1.48. The number of hydrogen-bond acceptors (Lipinski definition) is 3. The van der Waals surface area contributed by atoms with Crippen LogP contribution in [0.15, 0.2) is 18.3 Å². The molecule has 0 atom stereocenters. The van der Waals surface area contributed by atoms with Gasteiger partial charge in [-0.3, -0.25) is 0 Å². The van der Waals surface area contributed by atoms with E-state index < -0.39 is 0 Å². The molecule has 3 nitrogen and oxygen atoms in total. The number of anilines is 1. The monoisotopic (exact) mass is 207 g/mol. The second-order valence-electron chi connectivity index (χ2n) is 3.86. The summed E-state index contributed by atoms with van der Waals surface area (Å²) in [7, 11) is 2.08. The molecule has 3 heteroatoms. The van der Waals surface area contributed by atoms with Gasteiger partial charge >= 0.3 is 0 Å². The summed E-state index contributed by atoms with van der Waals surface area (Å²) in [5.41, 5.74) is 6.60. The third kappa shape index (κ3) is 3.88. The van der Waals surface area contributed by atoms with Gasteiger partial charge in [0.25, 0.3) is 0 Å². The van der Waals surface area contributed by atoms with Crippen LogP contribution < -0.4 is 10.6 Å². The van der Waals surface area contributed by atoms with E-state index in [0.717, 1.165) is 17.9 Å². The Morgan fingerprint density at radius 1 is 1.33 bits per heavy atom. The van der Waals surface area contributed by atoms with Gasteiger partial charge in [0.1, 0.15) is 5.82 Å². The molecule has 0 unspecified atom stereocenters. The van der Waals surface area contributed by atoms with Crippen molar-refractivity contribution >= 4 is 5.82 Å². The molecule has 0 saturated carbocycles. The molecule has 84 valence electrons. The maximum absolute atomic E-state index is 5.52. The summed E-state index contributed by atoms with van der Waals surface area (Å²) in [5, 5.41) is 0. The van der Waals surface area contributed by atoms with Crippen LogP contribution in [0, 0.1) is 0 Å². The molecule has 1 heterocycles. The van der Waals surface area contributed by atoms with Gasteiger partial charge in [-0.1, -0.05) is 25.8 Å². The highest BCUT2D eigenvalue weighted by Gasteiger charge is 2.01. The van der Waals surface area contributed by atoms with Crippen molar-refractivity contribution in [2.24, 2.45) is 5.73 Å². The molecule has 0 spiro atoms. The Morgan fingerprint density at radius 2 is 2.13 bits per heavy atom. The maximum atomic E-state index is 5.52. The highest BCUT2D eigenvalue weighted by Crippen LogP contribution is 2.10. The lowest BCUT2D eigenvalue weighted by Gasteiger charge is -2.17. The van der Waals surface area contributed by atoms with Gasteiger partial charge in [0.15, 0.2) is 0 Å². The molecule has 0 aliphatic rings. The highest BCUT2D eigenvalue weighted by atomic mass is 15.2. The van der Waals surface area contributed by atoms with Crippen LogP contribution in [0.4, 0.5) is 5.82 Å². The first-order chi connectivity index (χ1) is 7.27. The Kier molecular flexibility index (Phi) is 5.12. The number of pyridine rings is 1. The van der Waals surface area contributed by atoms with Crippen molar-refractivity contribution in [3.63, 3.8) is 0 Å². The van der Waals surface area contributed by atoms with Gasteiger partial charge in [-0.2, -0.15) is 0 Å². The molecule has 0 aliphatic carbocycles. The predicted molar refractivity (Wildman–Crippen MR) is 64.9 cm³/mol. The van der Waals surface area contributed by atoms with Crippen LogP contribution in [0.5, 0.6) is 0 Å². The van der Waals surface area contributed by atoms with E-state index in [2.05, 4.69) is 23.9 Å². The van der Waals surface area contributed by atoms with Gasteiger partial charge in [0, 0.05) is 26.3 Å². The fraction of sp³-hybridized carbons (Fsp3) is 0.583. The van der Waals surface area contributed by atoms with Crippen LogP contribution in [-0.4, -0.2) is 18.6 Å². The minimum absolute atomic E-state index is 0.562. The number of nitrogens with zero attached hydrogens (tertiary/aromatic N) is 2. The van der Waals surface area contributed by atoms with Crippen LogP contribution in [-0.2, 0) is 6.54 Å². The largest absolute Gasteiger partial charge is 0.360 e. The van der Waals surface area contributed by atoms with Crippen molar-refractivity contribution in [2.45, 2.75) is 32.7 Å². The SMILES string of the molecule is CCCCCN(C)c1ccc(CN)cn1. The van der Waals surface area contributed by atoms with Gasteiger partial charge in [-0.05, 0) is 18.1 Å². The van der Waals surface area contributed by atoms with Crippen LogP contribution in [0.25, 0.3) is 0 Å². The third-order valence-electron chi connectivity index (χ3n) is 2.53. The Balaban J connectivity index is 2.46. The third-order valence-corrected chi connectivity index (χ3v) is 2.53. The molecule has 1 aromatic rings. The van der Waals surface area contributed by atoms with Gasteiger partial charge in [0.05, 0.1) is 0 Å². The zero-order valence-electron chi connectivity index (χ0n) is 9.74. The zero-order valence-corrected chi connectivity index (χ0v) is 9.74. The minimum Gasteiger partial charge on any atom is -0.360 e. The summed E-state index contributed by atoms with van der Waals surface area (Å²) in [5.74, 6) is 1.03. The number of rotatable bonds is 6.